The quantitative estimate of drug-likeness (QED) is 0.756. The second-order valence-electron chi connectivity index (χ2n) is 6.51. The number of hydrogen-bond acceptors (Lipinski definition) is 4. The van der Waals surface area contributed by atoms with E-state index < -0.39 is 6.04 Å². The third-order valence-electron chi connectivity index (χ3n) is 4.66. The van der Waals surface area contributed by atoms with Crippen molar-refractivity contribution >= 4 is 17.8 Å². The fourth-order valence-corrected chi connectivity index (χ4v) is 3.14. The van der Waals surface area contributed by atoms with Gasteiger partial charge >= 0.3 is 0 Å². The van der Waals surface area contributed by atoms with Gasteiger partial charge < -0.3 is 4.90 Å². The van der Waals surface area contributed by atoms with Crippen molar-refractivity contribution in [3.8, 4) is 0 Å². The Hall–Kier alpha value is -3.48. The number of carbonyl (C=O) groups excluding carboxylic acids is 2. The largest absolute Gasteiger partial charge is 0.323 e. The molecule has 136 valence electrons. The number of rotatable bonds is 5. The molecule has 0 fully saturated rings. The second-order valence-corrected chi connectivity index (χ2v) is 6.51. The van der Waals surface area contributed by atoms with E-state index in [4.69, 9.17) is 0 Å². The van der Waals surface area contributed by atoms with E-state index in [1.165, 1.54) is 0 Å². The van der Waals surface area contributed by atoms with Crippen molar-refractivity contribution < 1.29 is 9.59 Å². The molecule has 1 aliphatic rings. The van der Waals surface area contributed by atoms with Crippen molar-refractivity contribution in [2.45, 2.75) is 26.1 Å². The van der Waals surface area contributed by atoms with E-state index in [0.29, 0.717) is 18.7 Å². The Balaban J connectivity index is 1.40. The van der Waals surface area contributed by atoms with Gasteiger partial charge in [-0.2, -0.15) is 0 Å². The number of hydrogen-bond donors (Lipinski definition) is 1. The van der Waals surface area contributed by atoms with Crippen LogP contribution in [0.3, 0.4) is 0 Å². The Bertz CT molecular complexity index is 983. The van der Waals surface area contributed by atoms with E-state index in [0.717, 1.165) is 11.1 Å². The summed E-state index contributed by atoms with van der Waals surface area (Å²) in [6.45, 7) is 2.71. The molecule has 2 amide bonds. The Kier molecular flexibility index (Phi) is 4.42. The molecule has 4 rings (SSSR count). The summed E-state index contributed by atoms with van der Waals surface area (Å²) in [4.78, 5) is 30.8. The maximum absolute atomic E-state index is 12.6. The number of benzene rings is 2. The average Bonchev–Trinajstić information content (AvgIpc) is 3.26. The van der Waals surface area contributed by atoms with Gasteiger partial charge in [-0.05, 0) is 24.1 Å². The lowest BCUT2D eigenvalue weighted by Gasteiger charge is -2.22. The molecule has 0 spiro atoms. The molecule has 0 bridgehead atoms. The van der Waals surface area contributed by atoms with Crippen molar-refractivity contribution in [3.05, 3.63) is 77.6 Å². The van der Waals surface area contributed by atoms with Gasteiger partial charge in [0.05, 0.1) is 6.54 Å². The highest BCUT2D eigenvalue weighted by Gasteiger charge is 2.33. The Morgan fingerprint density at radius 1 is 1.15 bits per heavy atom. The van der Waals surface area contributed by atoms with Crippen LogP contribution < -0.4 is 5.32 Å². The molecule has 1 aliphatic heterocycles. The van der Waals surface area contributed by atoms with Crippen LogP contribution in [-0.4, -0.2) is 37.5 Å². The molecule has 7 heteroatoms. The fourth-order valence-electron chi connectivity index (χ4n) is 3.14. The van der Waals surface area contributed by atoms with Crippen LogP contribution in [0.4, 0.5) is 5.95 Å². The fraction of sp³-hybridized carbons (Fsp3) is 0.200. The summed E-state index contributed by atoms with van der Waals surface area (Å²) in [5.74, 6) is -0.212. The average molecular weight is 361 g/mol. The SMILES string of the molecule is C[C@H](C(=O)Nc1ncn(Cc2ccccc2)n1)N1Cc2ccccc2C1=O. The third kappa shape index (κ3) is 3.44. The molecule has 0 radical (unpaired) electrons. The van der Waals surface area contributed by atoms with Crippen LogP contribution in [0.25, 0.3) is 0 Å². The highest BCUT2D eigenvalue weighted by molar-refractivity contribution is 6.03. The van der Waals surface area contributed by atoms with Gasteiger partial charge in [-0.3, -0.25) is 14.9 Å². The zero-order valence-corrected chi connectivity index (χ0v) is 14.9. The van der Waals surface area contributed by atoms with E-state index in [1.54, 1.807) is 28.9 Å². The number of aromatic nitrogens is 3. The highest BCUT2D eigenvalue weighted by atomic mass is 16.2. The molecular weight excluding hydrogens is 342 g/mol. The maximum Gasteiger partial charge on any atom is 0.255 e. The topological polar surface area (TPSA) is 80.1 Å². The van der Waals surface area contributed by atoms with Crippen LogP contribution in [0.2, 0.25) is 0 Å². The summed E-state index contributed by atoms with van der Waals surface area (Å²) < 4.78 is 1.66. The minimum absolute atomic E-state index is 0.129. The molecule has 1 N–H and O–H groups in total. The predicted molar refractivity (Wildman–Crippen MR) is 100.0 cm³/mol. The normalized spacial score (nSPS) is 14.1. The lowest BCUT2D eigenvalue weighted by atomic mass is 10.1. The minimum atomic E-state index is -0.619. The van der Waals surface area contributed by atoms with Crippen molar-refractivity contribution in [1.82, 2.24) is 19.7 Å². The molecule has 0 unspecified atom stereocenters. The van der Waals surface area contributed by atoms with Crippen LogP contribution in [0, 0.1) is 0 Å². The van der Waals surface area contributed by atoms with E-state index in [9.17, 15) is 9.59 Å². The summed E-state index contributed by atoms with van der Waals surface area (Å²) in [6.07, 6.45) is 1.57. The minimum Gasteiger partial charge on any atom is -0.323 e. The first kappa shape index (κ1) is 17.0. The molecular formula is C20H19N5O2. The maximum atomic E-state index is 12.6. The molecule has 7 nitrogen and oxygen atoms in total. The van der Waals surface area contributed by atoms with Crippen molar-refractivity contribution in [3.63, 3.8) is 0 Å². The van der Waals surface area contributed by atoms with Gasteiger partial charge in [0.25, 0.3) is 5.91 Å². The van der Waals surface area contributed by atoms with Gasteiger partial charge in [-0.1, -0.05) is 48.5 Å². The highest BCUT2D eigenvalue weighted by Crippen LogP contribution is 2.24. The Morgan fingerprint density at radius 3 is 2.67 bits per heavy atom. The van der Waals surface area contributed by atoms with E-state index in [2.05, 4.69) is 15.4 Å². The zero-order chi connectivity index (χ0) is 18.8. The third-order valence-corrected chi connectivity index (χ3v) is 4.66. The Morgan fingerprint density at radius 2 is 1.89 bits per heavy atom. The molecule has 0 saturated heterocycles. The monoisotopic (exact) mass is 361 g/mol. The number of nitrogens with zero attached hydrogens (tertiary/aromatic N) is 4. The predicted octanol–water partition coefficient (Wildman–Crippen LogP) is 2.31. The zero-order valence-electron chi connectivity index (χ0n) is 14.9. The molecule has 0 aliphatic carbocycles. The van der Waals surface area contributed by atoms with Crippen molar-refractivity contribution in [1.29, 1.82) is 0 Å². The lowest BCUT2D eigenvalue weighted by Crippen LogP contribution is -2.42. The number of anilines is 1. The van der Waals surface area contributed by atoms with Gasteiger partial charge in [0.2, 0.25) is 11.9 Å². The first-order chi connectivity index (χ1) is 13.1. The summed E-state index contributed by atoms with van der Waals surface area (Å²) >= 11 is 0. The first-order valence-corrected chi connectivity index (χ1v) is 8.75. The number of fused-ring (bicyclic) bond motifs is 1. The lowest BCUT2D eigenvalue weighted by molar-refractivity contribution is -0.120. The van der Waals surface area contributed by atoms with E-state index in [-0.39, 0.29) is 17.8 Å². The van der Waals surface area contributed by atoms with Crippen LogP contribution in [-0.2, 0) is 17.9 Å². The molecule has 0 saturated carbocycles. The molecule has 27 heavy (non-hydrogen) atoms. The van der Waals surface area contributed by atoms with Crippen LogP contribution in [0.1, 0.15) is 28.4 Å². The number of carbonyl (C=O) groups is 2. The van der Waals surface area contributed by atoms with Gasteiger partial charge in [0.1, 0.15) is 12.4 Å². The van der Waals surface area contributed by atoms with Gasteiger partial charge in [-0.25, -0.2) is 9.67 Å². The van der Waals surface area contributed by atoms with Gasteiger partial charge in [0.15, 0.2) is 0 Å². The van der Waals surface area contributed by atoms with Crippen molar-refractivity contribution in [2.75, 3.05) is 5.32 Å². The molecule has 3 aromatic rings. The number of nitrogens with one attached hydrogen (secondary N) is 1. The summed E-state index contributed by atoms with van der Waals surface area (Å²) in [6, 6.07) is 16.7. The first-order valence-electron chi connectivity index (χ1n) is 8.75. The summed E-state index contributed by atoms with van der Waals surface area (Å²) in [5, 5.41) is 6.98. The van der Waals surface area contributed by atoms with Crippen LogP contribution in [0.15, 0.2) is 60.9 Å². The van der Waals surface area contributed by atoms with Gasteiger partial charge in [0, 0.05) is 12.1 Å². The van der Waals surface area contributed by atoms with Gasteiger partial charge in [-0.15, -0.1) is 5.10 Å². The van der Waals surface area contributed by atoms with Crippen molar-refractivity contribution in [2.24, 2.45) is 0 Å². The smallest absolute Gasteiger partial charge is 0.255 e. The van der Waals surface area contributed by atoms with E-state index in [1.807, 2.05) is 48.5 Å². The molecule has 1 aromatic heterocycles. The van der Waals surface area contributed by atoms with E-state index >= 15 is 0 Å². The summed E-state index contributed by atoms with van der Waals surface area (Å²) in [5.41, 5.74) is 2.68. The molecule has 1 atom stereocenters. The second kappa shape index (κ2) is 7.03. The molecule has 2 aromatic carbocycles. The Labute approximate surface area is 156 Å². The standard InChI is InChI=1S/C20H19N5O2/c1-14(25-12-16-9-5-6-10-17(16)19(25)27)18(26)22-20-21-13-24(23-20)11-15-7-3-2-4-8-15/h2-10,13-14H,11-12H2,1H3,(H,22,23,26)/t14-/m1/s1. The number of amides is 2. The van der Waals surface area contributed by atoms with Crippen LogP contribution in [0.5, 0.6) is 0 Å². The molecule has 2 heterocycles. The summed E-state index contributed by atoms with van der Waals surface area (Å²) in [7, 11) is 0. The van der Waals surface area contributed by atoms with Crippen LogP contribution >= 0.6 is 0 Å².